The lowest BCUT2D eigenvalue weighted by molar-refractivity contribution is -0.134. The normalized spacial score (nSPS) is 55.0. The molecule has 2 bridgehead atoms. The van der Waals surface area contributed by atoms with Crippen LogP contribution in [0.5, 0.6) is 0 Å². The Morgan fingerprint density at radius 1 is 1.30 bits per heavy atom. The van der Waals surface area contributed by atoms with Crippen LogP contribution in [0.3, 0.4) is 0 Å². The summed E-state index contributed by atoms with van der Waals surface area (Å²) in [5.74, 6) is 3.20. The van der Waals surface area contributed by atoms with Gasteiger partial charge in [0.05, 0.1) is 0 Å². The fraction of sp³-hybridized carbons (Fsp3) is 0.667. The monoisotopic (exact) mass is 134 g/mol. The van der Waals surface area contributed by atoms with Crippen molar-refractivity contribution >= 4 is 5.78 Å². The average molecular weight is 134 g/mol. The molecular weight excluding hydrogens is 124 g/mol. The molecule has 2 fully saturated rings. The molecule has 0 aromatic carbocycles. The van der Waals surface area contributed by atoms with E-state index >= 15 is 0 Å². The highest BCUT2D eigenvalue weighted by Gasteiger charge is 2.54. The Morgan fingerprint density at radius 2 is 2.10 bits per heavy atom. The van der Waals surface area contributed by atoms with Crippen LogP contribution in [0.25, 0.3) is 0 Å². The second-order valence-electron chi connectivity index (χ2n) is 3.81. The van der Waals surface area contributed by atoms with Crippen molar-refractivity contribution in [1.29, 1.82) is 0 Å². The molecule has 1 heteroatoms. The van der Waals surface area contributed by atoms with Gasteiger partial charge in [-0.2, -0.15) is 0 Å². The van der Waals surface area contributed by atoms with Crippen LogP contribution in [0.4, 0.5) is 0 Å². The van der Waals surface area contributed by atoms with Crippen LogP contribution in [0, 0.1) is 23.7 Å². The summed E-state index contributed by atoms with van der Waals surface area (Å²) >= 11 is 0. The van der Waals surface area contributed by atoms with Crippen molar-refractivity contribution in [2.45, 2.75) is 12.8 Å². The van der Waals surface area contributed by atoms with Gasteiger partial charge in [-0.1, -0.05) is 12.2 Å². The van der Waals surface area contributed by atoms with Crippen LogP contribution in [0.2, 0.25) is 0 Å². The molecule has 0 amide bonds. The Kier molecular flexibility index (Phi) is 0.697. The lowest BCUT2D eigenvalue weighted by Crippen LogP contribution is -2.39. The molecule has 0 aromatic heterocycles. The summed E-state index contributed by atoms with van der Waals surface area (Å²) in [6.07, 6.45) is 6.73. The minimum atomic E-state index is 0.468. The van der Waals surface area contributed by atoms with Crippen molar-refractivity contribution in [1.82, 2.24) is 0 Å². The summed E-state index contributed by atoms with van der Waals surface area (Å²) < 4.78 is 0. The molecule has 2 saturated carbocycles. The lowest BCUT2D eigenvalue weighted by Gasteiger charge is -2.35. The summed E-state index contributed by atoms with van der Waals surface area (Å²) in [4.78, 5) is 11.1. The summed E-state index contributed by atoms with van der Waals surface area (Å²) in [5.41, 5.74) is 0. The van der Waals surface area contributed by atoms with Crippen LogP contribution < -0.4 is 0 Å². The van der Waals surface area contributed by atoms with Crippen molar-refractivity contribution in [3.63, 3.8) is 0 Å². The number of ketones is 1. The zero-order chi connectivity index (χ0) is 6.72. The first-order valence-electron chi connectivity index (χ1n) is 4.07. The van der Waals surface area contributed by atoms with Crippen molar-refractivity contribution in [2.24, 2.45) is 23.7 Å². The quantitative estimate of drug-likeness (QED) is 0.458. The Hall–Kier alpha value is -0.590. The highest BCUT2D eigenvalue weighted by Crippen LogP contribution is 2.55. The number of Topliss-reactive ketones (excluding diaryl/α,β-unsaturated/α-hetero) is 1. The fourth-order valence-electron chi connectivity index (χ4n) is 2.89. The van der Waals surface area contributed by atoms with E-state index in [0.717, 1.165) is 18.3 Å². The van der Waals surface area contributed by atoms with Crippen molar-refractivity contribution in [3.8, 4) is 0 Å². The lowest BCUT2D eigenvalue weighted by atomic mass is 9.67. The smallest absolute Gasteiger partial charge is 0.137 e. The molecule has 3 rings (SSSR count). The van der Waals surface area contributed by atoms with Gasteiger partial charge in [0.15, 0.2) is 0 Å². The standard InChI is InChI=1S/C9H10O/c10-8-4-7-5-1-2-6(3-5)9(7)8/h1-2,5-7,9H,3-4H2/t5-,6+,7+,9+/m0/s1. The molecule has 0 aromatic rings. The average Bonchev–Trinajstić information content (AvgIpc) is 2.40. The van der Waals surface area contributed by atoms with Gasteiger partial charge in [-0.3, -0.25) is 4.79 Å². The van der Waals surface area contributed by atoms with Crippen LogP contribution in [0.1, 0.15) is 12.8 Å². The van der Waals surface area contributed by atoms with Gasteiger partial charge in [0.2, 0.25) is 0 Å². The molecule has 52 valence electrons. The number of rotatable bonds is 0. The maximum absolute atomic E-state index is 11.1. The first-order chi connectivity index (χ1) is 4.86. The van der Waals surface area contributed by atoms with E-state index in [-0.39, 0.29) is 0 Å². The molecule has 0 radical (unpaired) electrons. The number of allylic oxidation sites excluding steroid dienone is 2. The Balaban J connectivity index is 2.03. The predicted octanol–water partition coefficient (Wildman–Crippen LogP) is 1.40. The number of hydrogen-bond acceptors (Lipinski definition) is 1. The molecule has 0 N–H and O–H groups in total. The zero-order valence-corrected chi connectivity index (χ0v) is 5.79. The third-order valence-electron chi connectivity index (χ3n) is 3.43. The van der Waals surface area contributed by atoms with Gasteiger partial charge in [0.25, 0.3) is 0 Å². The van der Waals surface area contributed by atoms with E-state index in [2.05, 4.69) is 12.2 Å². The molecule has 0 saturated heterocycles. The van der Waals surface area contributed by atoms with Crippen molar-refractivity contribution in [2.75, 3.05) is 0 Å². The Bertz CT molecular complexity index is 229. The van der Waals surface area contributed by atoms with Crippen LogP contribution >= 0.6 is 0 Å². The second-order valence-corrected chi connectivity index (χ2v) is 3.81. The number of carbonyl (C=O) groups excluding carboxylic acids is 1. The minimum Gasteiger partial charge on any atom is -0.299 e. The third-order valence-corrected chi connectivity index (χ3v) is 3.43. The molecule has 0 heterocycles. The number of carbonyl (C=O) groups is 1. The van der Waals surface area contributed by atoms with E-state index in [9.17, 15) is 4.79 Å². The molecular formula is C9H10O. The van der Waals surface area contributed by atoms with Gasteiger partial charge in [0.1, 0.15) is 5.78 Å². The molecule has 3 aliphatic carbocycles. The third kappa shape index (κ3) is 0.377. The van der Waals surface area contributed by atoms with Crippen molar-refractivity contribution in [3.05, 3.63) is 12.2 Å². The maximum Gasteiger partial charge on any atom is 0.137 e. The second kappa shape index (κ2) is 1.36. The predicted molar refractivity (Wildman–Crippen MR) is 37.3 cm³/mol. The fourth-order valence-corrected chi connectivity index (χ4v) is 2.89. The first-order valence-corrected chi connectivity index (χ1v) is 4.07. The largest absolute Gasteiger partial charge is 0.299 e. The first kappa shape index (κ1) is 5.11. The van der Waals surface area contributed by atoms with Crippen LogP contribution in [-0.4, -0.2) is 5.78 Å². The molecule has 3 aliphatic rings. The topological polar surface area (TPSA) is 17.1 Å². The van der Waals surface area contributed by atoms with Crippen LogP contribution in [0.15, 0.2) is 12.2 Å². The zero-order valence-electron chi connectivity index (χ0n) is 5.79. The van der Waals surface area contributed by atoms with Gasteiger partial charge >= 0.3 is 0 Å². The van der Waals surface area contributed by atoms with E-state index in [0.29, 0.717) is 17.6 Å². The van der Waals surface area contributed by atoms with E-state index in [1.807, 2.05) is 0 Å². The molecule has 0 unspecified atom stereocenters. The molecule has 10 heavy (non-hydrogen) atoms. The van der Waals surface area contributed by atoms with Gasteiger partial charge in [-0.05, 0) is 24.2 Å². The van der Waals surface area contributed by atoms with Gasteiger partial charge in [0, 0.05) is 12.3 Å². The van der Waals surface area contributed by atoms with Crippen LogP contribution in [-0.2, 0) is 4.79 Å². The summed E-state index contributed by atoms with van der Waals surface area (Å²) in [6.45, 7) is 0. The summed E-state index contributed by atoms with van der Waals surface area (Å²) in [5, 5.41) is 0. The van der Waals surface area contributed by atoms with E-state index < -0.39 is 0 Å². The van der Waals surface area contributed by atoms with E-state index in [4.69, 9.17) is 0 Å². The number of fused-ring (bicyclic) bond motifs is 5. The van der Waals surface area contributed by atoms with Gasteiger partial charge in [-0.15, -0.1) is 0 Å². The maximum atomic E-state index is 11.1. The van der Waals surface area contributed by atoms with E-state index in [1.54, 1.807) is 0 Å². The molecule has 0 spiro atoms. The summed E-state index contributed by atoms with van der Waals surface area (Å²) in [6, 6.07) is 0. The van der Waals surface area contributed by atoms with Crippen molar-refractivity contribution < 1.29 is 4.79 Å². The van der Waals surface area contributed by atoms with E-state index in [1.165, 1.54) is 6.42 Å². The Labute approximate surface area is 60.1 Å². The summed E-state index contributed by atoms with van der Waals surface area (Å²) in [7, 11) is 0. The highest BCUT2D eigenvalue weighted by molar-refractivity contribution is 5.89. The SMILES string of the molecule is O=C1C[C@H]2[C@H]1[C@@H]1C=C[C@H]2C1. The number of hydrogen-bond donors (Lipinski definition) is 0. The molecule has 4 atom stereocenters. The van der Waals surface area contributed by atoms with Gasteiger partial charge in [-0.25, -0.2) is 0 Å². The molecule has 0 aliphatic heterocycles. The highest BCUT2D eigenvalue weighted by atomic mass is 16.1. The Morgan fingerprint density at radius 3 is 2.70 bits per heavy atom. The van der Waals surface area contributed by atoms with Gasteiger partial charge < -0.3 is 0 Å². The minimum absolute atomic E-state index is 0.468. The molecule has 1 nitrogen and oxygen atoms in total.